The monoisotopic (exact) mass is 623 g/mol. The lowest BCUT2D eigenvalue weighted by atomic mass is 9.98. The van der Waals surface area contributed by atoms with Crippen molar-refractivity contribution in [3.8, 4) is 11.1 Å². The molecule has 0 bridgehead atoms. The molecule has 1 aliphatic heterocycles. The maximum atomic E-state index is 13.2. The van der Waals surface area contributed by atoms with Crippen LogP contribution < -0.4 is 10.6 Å². The minimum Gasteiger partial charge on any atom is -0.339 e. The van der Waals surface area contributed by atoms with E-state index < -0.39 is 0 Å². The molecule has 244 valence electrons. The molecule has 2 N–H and O–H groups in total. The lowest BCUT2D eigenvalue weighted by molar-refractivity contribution is -0.138. The molecule has 3 amide bonds. The zero-order valence-corrected chi connectivity index (χ0v) is 27.9. The molecule has 3 aromatic carbocycles. The fourth-order valence-corrected chi connectivity index (χ4v) is 6.18. The van der Waals surface area contributed by atoms with Gasteiger partial charge < -0.3 is 15.5 Å². The fraction of sp³-hybridized carbons (Fsp3) is 0.447. The van der Waals surface area contributed by atoms with E-state index in [9.17, 15) is 14.4 Å². The summed E-state index contributed by atoms with van der Waals surface area (Å²) in [6.07, 6.45) is 4.05. The number of nitrogens with one attached hydrogen (secondary N) is 2. The zero-order chi connectivity index (χ0) is 32.6. The normalized spacial score (nSPS) is 15.9. The Bertz CT molecular complexity index is 1490. The first-order chi connectivity index (χ1) is 22.2. The minimum absolute atomic E-state index is 0.0692. The Morgan fingerprint density at radius 2 is 1.46 bits per heavy atom. The van der Waals surface area contributed by atoms with Crippen LogP contribution in [-0.4, -0.2) is 77.7 Å². The van der Waals surface area contributed by atoms with Crippen molar-refractivity contribution in [1.82, 2.24) is 14.7 Å². The second-order valence-electron chi connectivity index (χ2n) is 12.8. The Morgan fingerprint density at radius 3 is 2.07 bits per heavy atom. The maximum absolute atomic E-state index is 13.2. The molecule has 1 aliphatic carbocycles. The lowest BCUT2D eigenvalue weighted by Crippen LogP contribution is -2.54. The van der Waals surface area contributed by atoms with E-state index in [1.165, 1.54) is 5.56 Å². The van der Waals surface area contributed by atoms with E-state index in [0.29, 0.717) is 5.56 Å². The van der Waals surface area contributed by atoms with Crippen molar-refractivity contribution in [2.75, 3.05) is 49.9 Å². The van der Waals surface area contributed by atoms with Crippen LogP contribution in [-0.2, 0) is 16.1 Å². The molecule has 46 heavy (non-hydrogen) atoms. The van der Waals surface area contributed by atoms with Crippen molar-refractivity contribution >= 4 is 29.1 Å². The van der Waals surface area contributed by atoms with Crippen LogP contribution in [0.5, 0.6) is 0 Å². The van der Waals surface area contributed by atoms with E-state index >= 15 is 0 Å². The van der Waals surface area contributed by atoms with Gasteiger partial charge in [-0.25, -0.2) is 0 Å². The highest BCUT2D eigenvalue weighted by Gasteiger charge is 2.30. The Labute approximate surface area is 274 Å². The summed E-state index contributed by atoms with van der Waals surface area (Å²) in [6, 6.07) is 21.5. The third-order valence-electron chi connectivity index (χ3n) is 9.14. The minimum atomic E-state index is -0.159. The van der Waals surface area contributed by atoms with Gasteiger partial charge in [0.1, 0.15) is 0 Å². The van der Waals surface area contributed by atoms with Crippen molar-refractivity contribution in [2.45, 2.75) is 66.0 Å². The average Bonchev–Trinajstić information content (AvgIpc) is 3.92. The number of hydrogen-bond acceptors (Lipinski definition) is 5. The number of carbonyl (C=O) groups is 3. The zero-order valence-electron chi connectivity index (χ0n) is 27.9. The summed E-state index contributed by atoms with van der Waals surface area (Å²) in [5.74, 6) is 0.328. The van der Waals surface area contributed by atoms with E-state index in [1.807, 2.05) is 66.4 Å². The summed E-state index contributed by atoms with van der Waals surface area (Å²) in [6.45, 7) is 14.4. The van der Waals surface area contributed by atoms with Crippen LogP contribution in [0.1, 0.15) is 67.9 Å². The smallest absolute Gasteiger partial charge is 0.255 e. The molecule has 0 spiro atoms. The number of nitrogens with zero attached hydrogens (tertiary/aromatic N) is 3. The maximum Gasteiger partial charge on any atom is 0.255 e. The molecule has 8 nitrogen and oxygen atoms in total. The predicted molar refractivity (Wildman–Crippen MR) is 186 cm³/mol. The summed E-state index contributed by atoms with van der Waals surface area (Å²) in [5, 5.41) is 6.04. The van der Waals surface area contributed by atoms with Crippen LogP contribution in [0.2, 0.25) is 0 Å². The molecule has 2 fully saturated rings. The number of hydrogen-bond donors (Lipinski definition) is 2. The molecule has 2 aliphatic rings. The Hall–Kier alpha value is -4.01. The van der Waals surface area contributed by atoms with Crippen LogP contribution in [0, 0.1) is 12.8 Å². The Kier molecular flexibility index (Phi) is 11.3. The summed E-state index contributed by atoms with van der Waals surface area (Å²) in [5.41, 5.74) is 6.44. The standard InChI is InChI=1S/C38H49N5O3/c1-5-19-42(20-6-2)28(4)38(46)43-23-21-41(22-24-43)26-29-8-17-33(18-9-29)39-36(44)31-12-10-30(11-13-31)35-25-34(16-7-27(35)3)40-37(45)32-14-15-32/h7-13,16-18,25,28,32H,5-6,14-15,19-24,26H2,1-4H3,(H,39,44)(H,40,45)/t28-/m0/s1. The van der Waals surface area contributed by atoms with E-state index in [1.54, 1.807) is 0 Å². The molecule has 1 saturated carbocycles. The molecule has 8 heteroatoms. The number of benzene rings is 3. The summed E-state index contributed by atoms with van der Waals surface area (Å²) < 4.78 is 0. The molecular formula is C38H49N5O3. The van der Waals surface area contributed by atoms with E-state index in [2.05, 4.69) is 53.3 Å². The molecule has 1 atom stereocenters. The van der Waals surface area contributed by atoms with Crippen LogP contribution in [0.4, 0.5) is 11.4 Å². The summed E-state index contributed by atoms with van der Waals surface area (Å²) >= 11 is 0. The summed E-state index contributed by atoms with van der Waals surface area (Å²) in [7, 11) is 0. The van der Waals surface area contributed by atoms with Gasteiger partial charge >= 0.3 is 0 Å². The number of amides is 3. The van der Waals surface area contributed by atoms with Crippen molar-refractivity contribution in [3.63, 3.8) is 0 Å². The SMILES string of the molecule is CCCN(CCC)[C@@H](C)C(=O)N1CCN(Cc2ccc(NC(=O)c3ccc(-c4cc(NC(=O)C5CC5)ccc4C)cc3)cc2)CC1. The highest BCUT2D eigenvalue weighted by molar-refractivity contribution is 6.04. The molecule has 1 saturated heterocycles. The van der Waals surface area contributed by atoms with Gasteiger partial charge in [0, 0.05) is 55.6 Å². The van der Waals surface area contributed by atoms with Gasteiger partial charge in [-0.15, -0.1) is 0 Å². The number of aryl methyl sites for hydroxylation is 1. The van der Waals surface area contributed by atoms with Gasteiger partial charge in [0.05, 0.1) is 6.04 Å². The number of rotatable bonds is 13. The van der Waals surface area contributed by atoms with Crippen molar-refractivity contribution in [1.29, 1.82) is 0 Å². The highest BCUT2D eigenvalue weighted by atomic mass is 16.2. The van der Waals surface area contributed by atoms with Gasteiger partial charge in [0.15, 0.2) is 0 Å². The predicted octanol–water partition coefficient (Wildman–Crippen LogP) is 6.42. The molecule has 0 radical (unpaired) electrons. The molecule has 0 aromatic heterocycles. The van der Waals surface area contributed by atoms with Crippen LogP contribution in [0.25, 0.3) is 11.1 Å². The topological polar surface area (TPSA) is 85.0 Å². The van der Waals surface area contributed by atoms with Gasteiger partial charge in [-0.3, -0.25) is 24.2 Å². The van der Waals surface area contributed by atoms with Crippen LogP contribution in [0.3, 0.4) is 0 Å². The van der Waals surface area contributed by atoms with E-state index in [-0.39, 0.29) is 29.7 Å². The first-order valence-corrected chi connectivity index (χ1v) is 16.9. The third kappa shape index (κ3) is 8.62. The van der Waals surface area contributed by atoms with Gasteiger partial charge in [-0.1, -0.05) is 44.2 Å². The van der Waals surface area contributed by atoms with Crippen molar-refractivity contribution < 1.29 is 14.4 Å². The van der Waals surface area contributed by atoms with Gasteiger partial charge in [0.25, 0.3) is 5.91 Å². The van der Waals surface area contributed by atoms with Gasteiger partial charge in [-0.2, -0.15) is 0 Å². The second kappa shape index (κ2) is 15.5. The molecule has 5 rings (SSSR count). The lowest BCUT2D eigenvalue weighted by Gasteiger charge is -2.38. The average molecular weight is 624 g/mol. The van der Waals surface area contributed by atoms with Crippen LogP contribution in [0.15, 0.2) is 66.7 Å². The summed E-state index contributed by atoms with van der Waals surface area (Å²) in [4.78, 5) is 45.1. The van der Waals surface area contributed by atoms with Crippen LogP contribution >= 0.6 is 0 Å². The Morgan fingerprint density at radius 1 is 0.826 bits per heavy atom. The first kappa shape index (κ1) is 33.4. The first-order valence-electron chi connectivity index (χ1n) is 16.9. The second-order valence-corrected chi connectivity index (χ2v) is 12.8. The number of anilines is 2. The van der Waals surface area contributed by atoms with E-state index in [0.717, 1.165) is 99.6 Å². The molecular weight excluding hydrogens is 574 g/mol. The number of carbonyl (C=O) groups excluding carboxylic acids is 3. The fourth-order valence-electron chi connectivity index (χ4n) is 6.18. The third-order valence-corrected chi connectivity index (χ3v) is 9.14. The van der Waals surface area contributed by atoms with E-state index in [4.69, 9.17) is 0 Å². The highest BCUT2D eigenvalue weighted by Crippen LogP contribution is 2.32. The quantitative estimate of drug-likeness (QED) is 0.230. The molecule has 1 heterocycles. The van der Waals surface area contributed by atoms with Crippen molar-refractivity contribution in [2.24, 2.45) is 5.92 Å². The largest absolute Gasteiger partial charge is 0.339 e. The van der Waals surface area contributed by atoms with Gasteiger partial charge in [0.2, 0.25) is 11.8 Å². The van der Waals surface area contributed by atoms with Crippen molar-refractivity contribution in [3.05, 3.63) is 83.4 Å². The molecule has 0 unspecified atom stereocenters. The number of piperazine rings is 1. The Balaban J connectivity index is 1.10. The van der Waals surface area contributed by atoms with Gasteiger partial charge in [-0.05, 0) is 111 Å². The molecule has 3 aromatic rings.